The average Bonchev–Trinajstić information content (AvgIpc) is 2.29. The Bertz CT molecular complexity index is 557. The van der Waals surface area contributed by atoms with Gasteiger partial charge in [-0.1, -0.05) is 11.6 Å². The van der Waals surface area contributed by atoms with Crippen LogP contribution in [0.1, 0.15) is 5.56 Å². The summed E-state index contributed by atoms with van der Waals surface area (Å²) in [6.45, 7) is 1.94. The summed E-state index contributed by atoms with van der Waals surface area (Å²) in [5, 5.41) is 3.85. The van der Waals surface area contributed by atoms with Gasteiger partial charge in [0.2, 0.25) is 0 Å². The number of halogens is 2. The lowest BCUT2D eigenvalue weighted by Crippen LogP contribution is -1.97. The Labute approximate surface area is 113 Å². The first-order chi connectivity index (χ1) is 8.06. The predicted octanol–water partition coefficient (Wildman–Crippen LogP) is 4.13. The number of rotatable bonds is 2. The molecule has 0 aliphatic rings. The van der Waals surface area contributed by atoms with E-state index in [1.807, 2.05) is 31.2 Å². The highest BCUT2D eigenvalue weighted by molar-refractivity contribution is 9.10. The van der Waals surface area contributed by atoms with Crippen molar-refractivity contribution in [2.24, 2.45) is 0 Å². The second-order valence-electron chi connectivity index (χ2n) is 3.68. The van der Waals surface area contributed by atoms with Gasteiger partial charge in [0.05, 0.1) is 17.6 Å². The lowest BCUT2D eigenvalue weighted by atomic mass is 10.2. The van der Waals surface area contributed by atoms with Gasteiger partial charge < -0.3 is 11.1 Å². The normalized spacial score (nSPS) is 10.3. The highest BCUT2D eigenvalue weighted by atomic mass is 79.9. The van der Waals surface area contributed by atoms with Crippen LogP contribution in [0.5, 0.6) is 0 Å². The molecule has 3 N–H and O–H groups in total. The Morgan fingerprint density at radius 2 is 2.12 bits per heavy atom. The van der Waals surface area contributed by atoms with E-state index in [1.54, 1.807) is 6.20 Å². The Balaban J connectivity index is 2.31. The van der Waals surface area contributed by atoms with Crippen LogP contribution in [0.4, 0.5) is 17.2 Å². The number of nitrogens with zero attached hydrogens (tertiary/aromatic N) is 1. The van der Waals surface area contributed by atoms with Crippen LogP contribution in [-0.2, 0) is 0 Å². The van der Waals surface area contributed by atoms with Crippen LogP contribution in [0.2, 0.25) is 5.02 Å². The van der Waals surface area contributed by atoms with E-state index in [0.29, 0.717) is 10.7 Å². The number of aryl methyl sites for hydroxylation is 1. The molecule has 5 heteroatoms. The monoisotopic (exact) mass is 311 g/mol. The molecule has 0 fully saturated rings. The molecule has 0 amide bonds. The van der Waals surface area contributed by atoms with E-state index in [9.17, 15) is 0 Å². The standard InChI is InChI=1S/C12H11BrClN3/c1-7-4-12(16-6-10(7)15)17-11-5-8(14)2-3-9(11)13/h2-6H,15H2,1H3,(H,16,17). The maximum absolute atomic E-state index is 5.94. The minimum Gasteiger partial charge on any atom is -0.397 e. The molecule has 1 heterocycles. The van der Waals surface area contributed by atoms with E-state index in [-0.39, 0.29) is 0 Å². The maximum Gasteiger partial charge on any atom is 0.130 e. The summed E-state index contributed by atoms with van der Waals surface area (Å²) < 4.78 is 0.929. The van der Waals surface area contributed by atoms with Crippen LogP contribution >= 0.6 is 27.5 Å². The molecule has 2 aromatic rings. The summed E-state index contributed by atoms with van der Waals surface area (Å²) in [5.74, 6) is 0.736. The smallest absolute Gasteiger partial charge is 0.130 e. The van der Waals surface area contributed by atoms with E-state index >= 15 is 0 Å². The minimum atomic E-state index is 0.669. The quantitative estimate of drug-likeness (QED) is 0.876. The first kappa shape index (κ1) is 12.2. The molecule has 0 saturated heterocycles. The van der Waals surface area contributed by atoms with Gasteiger partial charge in [0.1, 0.15) is 5.82 Å². The number of pyridine rings is 1. The fraction of sp³-hybridized carbons (Fsp3) is 0.0833. The molecule has 0 radical (unpaired) electrons. The van der Waals surface area contributed by atoms with Gasteiger partial charge in [0.15, 0.2) is 0 Å². The minimum absolute atomic E-state index is 0.669. The molecule has 0 atom stereocenters. The number of hydrogen-bond acceptors (Lipinski definition) is 3. The molecule has 1 aromatic carbocycles. The molecule has 1 aromatic heterocycles. The Morgan fingerprint density at radius 3 is 2.82 bits per heavy atom. The fourth-order valence-electron chi connectivity index (χ4n) is 1.37. The summed E-state index contributed by atoms with van der Waals surface area (Å²) in [7, 11) is 0. The van der Waals surface area contributed by atoms with Crippen LogP contribution in [0.15, 0.2) is 34.9 Å². The van der Waals surface area contributed by atoms with Gasteiger partial charge in [-0.3, -0.25) is 0 Å². The molecule has 0 aliphatic carbocycles. The van der Waals surface area contributed by atoms with Crippen molar-refractivity contribution in [2.45, 2.75) is 6.92 Å². The number of nitrogens with one attached hydrogen (secondary N) is 1. The zero-order chi connectivity index (χ0) is 12.4. The molecule has 0 saturated carbocycles. The van der Waals surface area contributed by atoms with Gasteiger partial charge in [-0.25, -0.2) is 4.98 Å². The molecule has 2 rings (SSSR count). The van der Waals surface area contributed by atoms with Crippen molar-refractivity contribution >= 4 is 44.7 Å². The molecule has 88 valence electrons. The molecule has 0 unspecified atom stereocenters. The third kappa shape index (κ3) is 2.90. The molecule has 0 bridgehead atoms. The largest absolute Gasteiger partial charge is 0.397 e. The van der Waals surface area contributed by atoms with Crippen LogP contribution in [0.3, 0.4) is 0 Å². The number of nitrogen functional groups attached to an aromatic ring is 1. The van der Waals surface area contributed by atoms with Crippen molar-refractivity contribution < 1.29 is 0 Å². The number of nitrogens with two attached hydrogens (primary N) is 1. The molecular formula is C12H11BrClN3. The maximum atomic E-state index is 5.94. The van der Waals surface area contributed by atoms with E-state index in [2.05, 4.69) is 26.2 Å². The van der Waals surface area contributed by atoms with Gasteiger partial charge in [0.25, 0.3) is 0 Å². The second kappa shape index (κ2) is 4.94. The van der Waals surface area contributed by atoms with Crippen molar-refractivity contribution in [3.8, 4) is 0 Å². The molecular weight excluding hydrogens is 302 g/mol. The topological polar surface area (TPSA) is 50.9 Å². The molecule has 17 heavy (non-hydrogen) atoms. The number of hydrogen-bond donors (Lipinski definition) is 2. The zero-order valence-electron chi connectivity index (χ0n) is 9.17. The first-order valence-corrected chi connectivity index (χ1v) is 6.17. The van der Waals surface area contributed by atoms with Crippen LogP contribution in [0, 0.1) is 6.92 Å². The van der Waals surface area contributed by atoms with E-state index in [1.165, 1.54) is 0 Å². The summed E-state index contributed by atoms with van der Waals surface area (Å²) in [6.07, 6.45) is 1.64. The van der Waals surface area contributed by atoms with Crippen molar-refractivity contribution in [3.05, 3.63) is 45.5 Å². The Morgan fingerprint density at radius 1 is 1.35 bits per heavy atom. The molecule has 0 spiro atoms. The number of anilines is 3. The summed E-state index contributed by atoms with van der Waals surface area (Å²) in [5.41, 5.74) is 8.25. The second-order valence-corrected chi connectivity index (χ2v) is 4.97. The SMILES string of the molecule is Cc1cc(Nc2cc(Cl)ccc2Br)ncc1N. The predicted molar refractivity (Wildman–Crippen MR) is 75.8 cm³/mol. The third-order valence-electron chi connectivity index (χ3n) is 2.34. The van der Waals surface area contributed by atoms with Crippen LogP contribution < -0.4 is 11.1 Å². The van der Waals surface area contributed by atoms with Crippen molar-refractivity contribution in [1.29, 1.82) is 0 Å². The number of aromatic nitrogens is 1. The molecule has 0 aliphatic heterocycles. The highest BCUT2D eigenvalue weighted by Gasteiger charge is 2.03. The third-order valence-corrected chi connectivity index (χ3v) is 3.27. The highest BCUT2D eigenvalue weighted by Crippen LogP contribution is 2.28. The van der Waals surface area contributed by atoms with Gasteiger partial charge in [-0.05, 0) is 52.7 Å². The van der Waals surface area contributed by atoms with Crippen molar-refractivity contribution in [3.63, 3.8) is 0 Å². The summed E-state index contributed by atoms with van der Waals surface area (Å²) in [4.78, 5) is 4.21. The van der Waals surface area contributed by atoms with Crippen molar-refractivity contribution in [2.75, 3.05) is 11.1 Å². The average molecular weight is 313 g/mol. The van der Waals surface area contributed by atoms with Crippen LogP contribution in [0.25, 0.3) is 0 Å². The van der Waals surface area contributed by atoms with Gasteiger partial charge in [-0.15, -0.1) is 0 Å². The van der Waals surface area contributed by atoms with Crippen LogP contribution in [-0.4, -0.2) is 4.98 Å². The number of benzene rings is 1. The lowest BCUT2D eigenvalue weighted by molar-refractivity contribution is 1.27. The van der Waals surface area contributed by atoms with E-state index < -0.39 is 0 Å². The Hall–Kier alpha value is -1.26. The summed E-state index contributed by atoms with van der Waals surface area (Å²) in [6, 6.07) is 7.43. The fourth-order valence-corrected chi connectivity index (χ4v) is 1.88. The van der Waals surface area contributed by atoms with Gasteiger partial charge >= 0.3 is 0 Å². The zero-order valence-corrected chi connectivity index (χ0v) is 11.5. The van der Waals surface area contributed by atoms with Crippen molar-refractivity contribution in [1.82, 2.24) is 4.98 Å². The van der Waals surface area contributed by atoms with Gasteiger partial charge in [0, 0.05) is 9.50 Å². The van der Waals surface area contributed by atoms with E-state index in [0.717, 1.165) is 21.5 Å². The molecule has 3 nitrogen and oxygen atoms in total. The van der Waals surface area contributed by atoms with E-state index in [4.69, 9.17) is 17.3 Å². The Kier molecular flexibility index (Phi) is 3.54. The first-order valence-electron chi connectivity index (χ1n) is 5.00. The summed E-state index contributed by atoms with van der Waals surface area (Å²) >= 11 is 9.39. The van der Waals surface area contributed by atoms with Gasteiger partial charge in [-0.2, -0.15) is 0 Å². The lowest BCUT2D eigenvalue weighted by Gasteiger charge is -2.09.